The summed E-state index contributed by atoms with van der Waals surface area (Å²) in [5.74, 6) is -0.851. The topological polar surface area (TPSA) is 78.9 Å². The lowest BCUT2D eigenvalue weighted by molar-refractivity contribution is -0.144. The number of aldehydes is 1. The van der Waals surface area contributed by atoms with Gasteiger partial charge in [-0.15, -0.1) is 0 Å². The molecule has 0 radical (unpaired) electrons. The number of cyclic esters (lactones) is 1. The summed E-state index contributed by atoms with van der Waals surface area (Å²) < 4.78 is 15.5. The first-order valence-corrected chi connectivity index (χ1v) is 7.26. The summed E-state index contributed by atoms with van der Waals surface area (Å²) in [6.07, 6.45) is -0.119. The van der Waals surface area contributed by atoms with Gasteiger partial charge in [-0.2, -0.15) is 0 Å². The van der Waals surface area contributed by atoms with Crippen LogP contribution in [-0.2, 0) is 16.0 Å². The predicted molar refractivity (Wildman–Crippen MR) is 83.4 cm³/mol. The molecule has 122 valence electrons. The molecular formula is C18H14O6. The Bertz CT molecular complexity index is 811. The van der Waals surface area contributed by atoms with Gasteiger partial charge in [0.05, 0.1) is 12.7 Å². The number of hydrogen-bond donors (Lipinski definition) is 0. The summed E-state index contributed by atoms with van der Waals surface area (Å²) in [6.45, 7) is 0. The van der Waals surface area contributed by atoms with Crippen LogP contribution in [0.15, 0.2) is 42.5 Å². The lowest BCUT2D eigenvalue weighted by atomic mass is 9.99. The summed E-state index contributed by atoms with van der Waals surface area (Å²) in [5.41, 5.74) is 1.58. The second-order valence-corrected chi connectivity index (χ2v) is 5.20. The Morgan fingerprint density at radius 1 is 1.21 bits per heavy atom. The number of fused-ring (bicyclic) bond motifs is 1. The number of carbonyl (C=O) groups excluding carboxylic acids is 3. The zero-order valence-corrected chi connectivity index (χ0v) is 12.9. The largest absolute Gasteiger partial charge is 0.493 e. The average Bonchev–Trinajstić information content (AvgIpc) is 2.62. The van der Waals surface area contributed by atoms with Crippen LogP contribution in [0.2, 0.25) is 0 Å². The molecule has 1 heterocycles. The number of carbonyl (C=O) groups is 3. The molecule has 0 aliphatic carbocycles. The van der Waals surface area contributed by atoms with E-state index in [0.29, 0.717) is 17.4 Å². The smallest absolute Gasteiger partial charge is 0.353 e. The third-order valence-electron chi connectivity index (χ3n) is 3.69. The van der Waals surface area contributed by atoms with E-state index >= 15 is 0 Å². The monoisotopic (exact) mass is 326 g/mol. The molecule has 1 aliphatic heterocycles. The maximum absolute atomic E-state index is 12.3. The molecule has 6 heteroatoms. The fraction of sp³-hybridized carbons (Fsp3) is 0.167. The molecule has 1 atom stereocenters. The Hall–Kier alpha value is -3.15. The Morgan fingerprint density at radius 3 is 2.75 bits per heavy atom. The molecule has 2 aromatic rings. The van der Waals surface area contributed by atoms with Crippen LogP contribution in [0.5, 0.6) is 11.5 Å². The molecule has 1 aliphatic rings. The molecule has 0 spiro atoms. The van der Waals surface area contributed by atoms with Crippen molar-refractivity contribution in [3.8, 4) is 11.5 Å². The molecule has 0 aromatic heterocycles. The van der Waals surface area contributed by atoms with Gasteiger partial charge >= 0.3 is 11.9 Å². The predicted octanol–water partition coefficient (Wildman–Crippen LogP) is 2.19. The van der Waals surface area contributed by atoms with Gasteiger partial charge in [0, 0.05) is 12.0 Å². The van der Waals surface area contributed by atoms with Crippen LogP contribution in [0.4, 0.5) is 0 Å². The molecular weight excluding hydrogens is 312 g/mol. The Labute approximate surface area is 137 Å². The fourth-order valence-corrected chi connectivity index (χ4v) is 2.48. The van der Waals surface area contributed by atoms with E-state index in [1.165, 1.54) is 25.3 Å². The van der Waals surface area contributed by atoms with E-state index in [0.717, 1.165) is 5.56 Å². The van der Waals surface area contributed by atoms with Crippen molar-refractivity contribution in [2.75, 3.05) is 7.11 Å². The van der Waals surface area contributed by atoms with Crippen molar-refractivity contribution < 1.29 is 28.6 Å². The van der Waals surface area contributed by atoms with Gasteiger partial charge in [0.15, 0.2) is 11.5 Å². The number of ether oxygens (including phenoxy) is 3. The van der Waals surface area contributed by atoms with E-state index in [1.54, 1.807) is 24.3 Å². The van der Waals surface area contributed by atoms with E-state index in [4.69, 9.17) is 14.2 Å². The van der Waals surface area contributed by atoms with E-state index in [9.17, 15) is 14.4 Å². The molecule has 0 saturated heterocycles. The van der Waals surface area contributed by atoms with Gasteiger partial charge < -0.3 is 14.2 Å². The van der Waals surface area contributed by atoms with Crippen LogP contribution in [-0.4, -0.2) is 31.4 Å². The van der Waals surface area contributed by atoms with Crippen LogP contribution in [0.3, 0.4) is 0 Å². The number of methoxy groups -OCH3 is 1. The van der Waals surface area contributed by atoms with Crippen LogP contribution in [0, 0.1) is 0 Å². The quantitative estimate of drug-likeness (QED) is 0.487. The van der Waals surface area contributed by atoms with Gasteiger partial charge in [-0.05, 0) is 29.8 Å². The molecule has 0 N–H and O–H groups in total. The summed E-state index contributed by atoms with van der Waals surface area (Å²) in [6, 6.07) is 11.4. The van der Waals surface area contributed by atoms with Gasteiger partial charge in [0.2, 0.25) is 6.10 Å². The first-order chi connectivity index (χ1) is 11.6. The minimum absolute atomic E-state index is 0.156. The average molecular weight is 326 g/mol. The van der Waals surface area contributed by atoms with Crippen molar-refractivity contribution in [1.82, 2.24) is 0 Å². The number of rotatable bonds is 4. The summed E-state index contributed by atoms with van der Waals surface area (Å²) >= 11 is 0. The second kappa shape index (κ2) is 6.54. The molecule has 0 bridgehead atoms. The van der Waals surface area contributed by atoms with E-state index in [-0.39, 0.29) is 17.9 Å². The Morgan fingerprint density at radius 2 is 2.00 bits per heavy atom. The van der Waals surface area contributed by atoms with Gasteiger partial charge in [-0.3, -0.25) is 4.79 Å². The summed E-state index contributed by atoms with van der Waals surface area (Å²) in [5, 5.41) is 0. The first-order valence-electron chi connectivity index (χ1n) is 7.26. The molecule has 1 unspecified atom stereocenters. The van der Waals surface area contributed by atoms with Crippen molar-refractivity contribution in [3.63, 3.8) is 0 Å². The van der Waals surface area contributed by atoms with Gasteiger partial charge in [-0.25, -0.2) is 9.59 Å². The van der Waals surface area contributed by atoms with Crippen molar-refractivity contribution in [2.24, 2.45) is 0 Å². The highest BCUT2D eigenvalue weighted by Crippen LogP contribution is 2.29. The zero-order chi connectivity index (χ0) is 17.1. The van der Waals surface area contributed by atoms with Crippen molar-refractivity contribution in [1.29, 1.82) is 0 Å². The van der Waals surface area contributed by atoms with Crippen molar-refractivity contribution in [2.45, 2.75) is 12.5 Å². The minimum Gasteiger partial charge on any atom is -0.493 e. The number of hydrogen-bond acceptors (Lipinski definition) is 6. The molecule has 3 rings (SSSR count). The summed E-state index contributed by atoms with van der Waals surface area (Å²) in [7, 11) is 1.40. The highest BCUT2D eigenvalue weighted by molar-refractivity contribution is 5.95. The Balaban J connectivity index is 1.79. The lowest BCUT2D eigenvalue weighted by Gasteiger charge is -2.23. The standard InChI is InChI=1S/C18H14O6/c1-22-15-8-11(10-19)6-7-14(15)23-18(21)16-9-12-4-2-3-5-13(12)17(20)24-16/h2-8,10,16H,9H2,1H3. The van der Waals surface area contributed by atoms with Gasteiger partial charge in [0.1, 0.15) is 6.29 Å². The van der Waals surface area contributed by atoms with E-state index < -0.39 is 18.0 Å². The van der Waals surface area contributed by atoms with Crippen LogP contribution in [0.25, 0.3) is 0 Å². The third kappa shape index (κ3) is 2.99. The van der Waals surface area contributed by atoms with Gasteiger partial charge in [-0.1, -0.05) is 18.2 Å². The SMILES string of the molecule is COc1cc(C=O)ccc1OC(=O)C1Cc2ccccc2C(=O)O1. The van der Waals surface area contributed by atoms with Crippen LogP contribution >= 0.6 is 0 Å². The van der Waals surface area contributed by atoms with E-state index in [2.05, 4.69) is 0 Å². The maximum Gasteiger partial charge on any atom is 0.353 e. The number of esters is 2. The second-order valence-electron chi connectivity index (χ2n) is 5.20. The lowest BCUT2D eigenvalue weighted by Crippen LogP contribution is -2.37. The molecule has 0 fully saturated rings. The first kappa shape index (κ1) is 15.7. The summed E-state index contributed by atoms with van der Waals surface area (Å²) in [4.78, 5) is 35.1. The molecule has 0 amide bonds. The van der Waals surface area contributed by atoms with Crippen LogP contribution in [0.1, 0.15) is 26.3 Å². The molecule has 2 aromatic carbocycles. The third-order valence-corrected chi connectivity index (χ3v) is 3.69. The highest BCUT2D eigenvalue weighted by Gasteiger charge is 2.32. The van der Waals surface area contributed by atoms with Gasteiger partial charge in [0.25, 0.3) is 0 Å². The van der Waals surface area contributed by atoms with E-state index in [1.807, 2.05) is 0 Å². The zero-order valence-electron chi connectivity index (χ0n) is 12.9. The van der Waals surface area contributed by atoms with Crippen molar-refractivity contribution >= 4 is 18.2 Å². The number of benzene rings is 2. The molecule has 24 heavy (non-hydrogen) atoms. The normalized spacial score (nSPS) is 15.9. The van der Waals surface area contributed by atoms with Crippen molar-refractivity contribution in [3.05, 3.63) is 59.2 Å². The highest BCUT2D eigenvalue weighted by atomic mass is 16.6. The minimum atomic E-state index is -1.03. The Kier molecular flexibility index (Phi) is 4.29. The fourth-order valence-electron chi connectivity index (χ4n) is 2.48. The molecule has 0 saturated carbocycles. The molecule has 6 nitrogen and oxygen atoms in total. The van der Waals surface area contributed by atoms with Crippen LogP contribution < -0.4 is 9.47 Å². The maximum atomic E-state index is 12.3.